The summed E-state index contributed by atoms with van der Waals surface area (Å²) in [7, 11) is 0. The number of rotatable bonds is 3. The summed E-state index contributed by atoms with van der Waals surface area (Å²) >= 11 is 0. The molecule has 4 nitrogen and oxygen atoms in total. The molecule has 1 aliphatic carbocycles. The smallest absolute Gasteiger partial charge is 0.243 e. The van der Waals surface area contributed by atoms with Crippen molar-refractivity contribution in [2.45, 2.75) is 45.1 Å². The van der Waals surface area contributed by atoms with Crippen LogP contribution in [-0.2, 0) is 6.42 Å². The van der Waals surface area contributed by atoms with Gasteiger partial charge in [0.15, 0.2) is 5.82 Å². The molecule has 4 heteroatoms. The van der Waals surface area contributed by atoms with E-state index < -0.39 is 0 Å². The van der Waals surface area contributed by atoms with Gasteiger partial charge in [-0.15, -0.1) is 0 Å². The van der Waals surface area contributed by atoms with E-state index in [0.717, 1.165) is 18.7 Å². The fourth-order valence-corrected chi connectivity index (χ4v) is 2.83. The highest BCUT2D eigenvalue weighted by molar-refractivity contribution is 5.36. The number of aromatic nitrogens is 2. The third kappa shape index (κ3) is 2.36. The molecule has 0 amide bonds. The second kappa shape index (κ2) is 5.37. The summed E-state index contributed by atoms with van der Waals surface area (Å²) in [6.07, 6.45) is 3.39. The van der Waals surface area contributed by atoms with Gasteiger partial charge in [0.2, 0.25) is 5.89 Å². The van der Waals surface area contributed by atoms with Crippen molar-refractivity contribution in [3.8, 4) is 0 Å². The maximum absolute atomic E-state index is 6.08. The van der Waals surface area contributed by atoms with Gasteiger partial charge in [-0.1, -0.05) is 43.3 Å². The number of benzene rings is 1. The first-order chi connectivity index (χ1) is 9.66. The first-order valence-corrected chi connectivity index (χ1v) is 7.33. The molecule has 20 heavy (non-hydrogen) atoms. The molecule has 0 bridgehead atoms. The van der Waals surface area contributed by atoms with Gasteiger partial charge in [0.1, 0.15) is 0 Å². The van der Waals surface area contributed by atoms with Crippen LogP contribution in [0.25, 0.3) is 0 Å². The second-order valence-electron chi connectivity index (χ2n) is 5.90. The van der Waals surface area contributed by atoms with Crippen molar-refractivity contribution in [1.29, 1.82) is 0 Å². The van der Waals surface area contributed by atoms with Crippen LogP contribution in [0.4, 0.5) is 0 Å². The van der Waals surface area contributed by atoms with Crippen molar-refractivity contribution >= 4 is 0 Å². The number of hydrogen-bond donors (Lipinski definition) is 1. The van der Waals surface area contributed by atoms with Gasteiger partial charge in [-0.25, -0.2) is 0 Å². The van der Waals surface area contributed by atoms with Crippen LogP contribution in [0.2, 0.25) is 0 Å². The molecule has 106 valence electrons. The number of nitrogens with zero attached hydrogens (tertiary/aromatic N) is 2. The van der Waals surface area contributed by atoms with Gasteiger partial charge in [-0.2, -0.15) is 4.98 Å². The van der Waals surface area contributed by atoms with Gasteiger partial charge in [0.25, 0.3) is 0 Å². The molecule has 3 rings (SSSR count). The highest BCUT2D eigenvalue weighted by atomic mass is 16.5. The van der Waals surface area contributed by atoms with Crippen molar-refractivity contribution in [2.24, 2.45) is 11.7 Å². The molecule has 1 aromatic heterocycles. The third-order valence-corrected chi connectivity index (χ3v) is 4.14. The second-order valence-corrected chi connectivity index (χ2v) is 5.90. The molecule has 1 aliphatic rings. The van der Waals surface area contributed by atoms with E-state index in [0.29, 0.717) is 11.8 Å². The Bertz CT molecular complexity index is 591. The molecule has 2 N–H and O–H groups in total. The van der Waals surface area contributed by atoms with E-state index in [2.05, 4.69) is 48.3 Å². The molecule has 0 fully saturated rings. The minimum Gasteiger partial charge on any atom is -0.338 e. The van der Waals surface area contributed by atoms with Gasteiger partial charge in [0.05, 0.1) is 6.04 Å². The van der Waals surface area contributed by atoms with Crippen LogP contribution in [0, 0.1) is 5.92 Å². The van der Waals surface area contributed by atoms with Crippen molar-refractivity contribution in [2.75, 3.05) is 0 Å². The normalized spacial score (nSPS) is 19.9. The quantitative estimate of drug-likeness (QED) is 0.931. The number of nitrogens with two attached hydrogens (primary N) is 1. The summed E-state index contributed by atoms with van der Waals surface area (Å²) in [5.74, 6) is 1.88. The van der Waals surface area contributed by atoms with Gasteiger partial charge in [-0.05, 0) is 36.3 Å². The SMILES string of the molecule is CC(C)[C@@H](N)c1nc(C2CCCc3ccccc32)no1. The fourth-order valence-electron chi connectivity index (χ4n) is 2.83. The molecule has 0 radical (unpaired) electrons. The Kier molecular flexibility index (Phi) is 3.57. The predicted octanol–water partition coefficient (Wildman–Crippen LogP) is 3.19. The molecule has 1 unspecified atom stereocenters. The first-order valence-electron chi connectivity index (χ1n) is 7.33. The molecule has 0 saturated carbocycles. The molecule has 1 heterocycles. The minimum absolute atomic E-state index is 0.185. The molecule has 1 aromatic carbocycles. The van der Waals surface area contributed by atoms with Gasteiger partial charge in [0, 0.05) is 5.92 Å². The lowest BCUT2D eigenvalue weighted by molar-refractivity contribution is 0.321. The highest BCUT2D eigenvalue weighted by Gasteiger charge is 2.27. The first kappa shape index (κ1) is 13.3. The summed E-state index contributed by atoms with van der Waals surface area (Å²) < 4.78 is 5.37. The fraction of sp³-hybridized carbons (Fsp3) is 0.500. The third-order valence-electron chi connectivity index (χ3n) is 4.14. The molecule has 0 aliphatic heterocycles. The van der Waals surface area contributed by atoms with E-state index in [1.807, 2.05) is 0 Å². The van der Waals surface area contributed by atoms with E-state index in [1.165, 1.54) is 17.5 Å². The van der Waals surface area contributed by atoms with Gasteiger partial charge >= 0.3 is 0 Å². The van der Waals surface area contributed by atoms with Gasteiger partial charge < -0.3 is 10.3 Å². The topological polar surface area (TPSA) is 64.9 Å². The minimum atomic E-state index is -0.185. The lowest BCUT2D eigenvalue weighted by Gasteiger charge is -2.22. The van der Waals surface area contributed by atoms with Crippen LogP contribution in [0.15, 0.2) is 28.8 Å². The van der Waals surface area contributed by atoms with E-state index in [-0.39, 0.29) is 12.0 Å². The Hall–Kier alpha value is -1.68. The average Bonchev–Trinajstić information content (AvgIpc) is 2.95. The molecule has 0 saturated heterocycles. The average molecular weight is 271 g/mol. The van der Waals surface area contributed by atoms with Crippen LogP contribution in [0.3, 0.4) is 0 Å². The number of fused-ring (bicyclic) bond motifs is 1. The zero-order chi connectivity index (χ0) is 14.1. The molecule has 2 aromatic rings. The lowest BCUT2D eigenvalue weighted by atomic mass is 9.82. The molecule has 0 spiro atoms. The van der Waals surface area contributed by atoms with Crippen molar-refractivity contribution in [1.82, 2.24) is 10.1 Å². The molecular formula is C16H21N3O. The van der Waals surface area contributed by atoms with E-state index in [9.17, 15) is 0 Å². The monoisotopic (exact) mass is 271 g/mol. The lowest BCUT2D eigenvalue weighted by Crippen LogP contribution is -2.17. The van der Waals surface area contributed by atoms with Crippen molar-refractivity contribution in [3.63, 3.8) is 0 Å². The zero-order valence-electron chi connectivity index (χ0n) is 12.0. The van der Waals surface area contributed by atoms with Crippen molar-refractivity contribution in [3.05, 3.63) is 47.1 Å². The summed E-state index contributed by atoms with van der Waals surface area (Å²) in [6, 6.07) is 8.37. The van der Waals surface area contributed by atoms with Crippen LogP contribution >= 0.6 is 0 Å². The van der Waals surface area contributed by atoms with Crippen LogP contribution in [-0.4, -0.2) is 10.1 Å². The van der Waals surface area contributed by atoms with Crippen molar-refractivity contribution < 1.29 is 4.52 Å². The number of hydrogen-bond acceptors (Lipinski definition) is 4. The summed E-state index contributed by atoms with van der Waals surface area (Å²) in [5.41, 5.74) is 8.82. The highest BCUT2D eigenvalue weighted by Crippen LogP contribution is 2.35. The maximum atomic E-state index is 6.08. The Labute approximate surface area is 119 Å². The van der Waals surface area contributed by atoms with Crippen LogP contribution in [0.5, 0.6) is 0 Å². The molecular weight excluding hydrogens is 250 g/mol. The largest absolute Gasteiger partial charge is 0.338 e. The summed E-state index contributed by atoms with van der Waals surface area (Å²) in [5, 5.41) is 4.18. The number of aryl methyl sites for hydroxylation is 1. The Morgan fingerprint density at radius 2 is 2.10 bits per heavy atom. The van der Waals surface area contributed by atoms with E-state index in [4.69, 9.17) is 10.3 Å². The van der Waals surface area contributed by atoms with Gasteiger partial charge in [-0.3, -0.25) is 0 Å². The predicted molar refractivity (Wildman–Crippen MR) is 77.3 cm³/mol. The summed E-state index contributed by atoms with van der Waals surface area (Å²) in [6.45, 7) is 4.12. The Balaban J connectivity index is 1.91. The van der Waals surface area contributed by atoms with Crippen LogP contribution < -0.4 is 5.73 Å². The summed E-state index contributed by atoms with van der Waals surface area (Å²) in [4.78, 5) is 4.55. The van der Waals surface area contributed by atoms with Crippen LogP contribution in [0.1, 0.15) is 61.5 Å². The zero-order valence-corrected chi connectivity index (χ0v) is 12.0. The molecule has 2 atom stereocenters. The standard InChI is InChI=1S/C16H21N3O/c1-10(2)14(17)16-18-15(19-20-16)13-9-5-7-11-6-3-4-8-12(11)13/h3-4,6,8,10,13-14H,5,7,9,17H2,1-2H3/t13?,14-/m1/s1. The Morgan fingerprint density at radius 3 is 2.90 bits per heavy atom. The maximum Gasteiger partial charge on any atom is 0.243 e. The van der Waals surface area contributed by atoms with E-state index in [1.54, 1.807) is 0 Å². The van der Waals surface area contributed by atoms with E-state index >= 15 is 0 Å². The Morgan fingerprint density at radius 1 is 1.30 bits per heavy atom.